The van der Waals surface area contributed by atoms with Crippen molar-refractivity contribution in [1.29, 1.82) is 0 Å². The van der Waals surface area contributed by atoms with Crippen molar-refractivity contribution in [2.75, 3.05) is 59.2 Å². The van der Waals surface area contributed by atoms with Crippen LogP contribution >= 0.6 is 47.0 Å². The maximum atomic E-state index is 10.7. The van der Waals surface area contributed by atoms with E-state index >= 15 is 0 Å². The van der Waals surface area contributed by atoms with E-state index in [1.807, 2.05) is 35.3 Å². The molecule has 0 aliphatic carbocycles. The smallest absolute Gasteiger partial charge is 1.00 e. The van der Waals surface area contributed by atoms with Crippen LogP contribution in [-0.2, 0) is 14.3 Å². The molecular weight excluding hydrogens is 577 g/mol. The fraction of sp³-hybridized carbons (Fsp3) is 0.893. The predicted molar refractivity (Wildman–Crippen MR) is 184 cm³/mol. The van der Waals surface area contributed by atoms with E-state index in [2.05, 4.69) is 16.9 Å². The van der Waals surface area contributed by atoms with E-state index in [4.69, 9.17) is 9.94 Å². The van der Waals surface area contributed by atoms with E-state index in [-0.39, 0.29) is 52.5 Å². The van der Waals surface area contributed by atoms with Crippen molar-refractivity contribution in [3.8, 4) is 0 Å². The van der Waals surface area contributed by atoms with Gasteiger partial charge in [0, 0.05) is 56.2 Å². The van der Waals surface area contributed by atoms with Gasteiger partial charge in [-0.15, -0.1) is 0 Å². The summed E-state index contributed by atoms with van der Waals surface area (Å²) < 4.78 is 4.94. The van der Waals surface area contributed by atoms with E-state index in [0.717, 1.165) is 92.6 Å². The Morgan fingerprint density at radius 1 is 0.564 bits per heavy atom. The molecule has 5 nitrogen and oxygen atoms in total. The number of rotatable bonds is 0. The van der Waals surface area contributed by atoms with Crippen LogP contribution in [0.15, 0.2) is 5.16 Å². The van der Waals surface area contributed by atoms with Crippen LogP contribution in [0.3, 0.4) is 0 Å². The number of Topliss-reactive ketones (excluding diaryl/α,β-unsaturated/α-hetero) is 2. The zero-order chi connectivity index (χ0) is 25.2. The SMILES string of the molecule is C.C.C1CCCSCC1.C1CCOC1.O=C1CCCSCC1.O=C1CCSCC1.ON=C1CCSCC1.[AlH3].[H-].[Li+]. The van der Waals surface area contributed by atoms with Gasteiger partial charge in [-0.25, -0.2) is 0 Å². The molecule has 0 spiro atoms. The molecule has 0 aromatic carbocycles. The minimum absolute atomic E-state index is 0. The summed E-state index contributed by atoms with van der Waals surface area (Å²) in [5.41, 5.74) is 0.962. The van der Waals surface area contributed by atoms with E-state index in [1.165, 1.54) is 55.8 Å². The molecule has 1 N–H and O–H groups in total. The van der Waals surface area contributed by atoms with Crippen LogP contribution in [0, 0.1) is 0 Å². The van der Waals surface area contributed by atoms with Gasteiger partial charge in [-0.05, 0) is 73.7 Å². The largest absolute Gasteiger partial charge is 1.00 e. The van der Waals surface area contributed by atoms with Gasteiger partial charge in [0.2, 0.25) is 0 Å². The summed E-state index contributed by atoms with van der Waals surface area (Å²) in [5, 5.41) is 11.4. The molecule has 0 unspecified atom stereocenters. The number of nitrogens with zero attached hydrogens (tertiary/aromatic N) is 1. The average Bonchev–Trinajstić information content (AvgIpc) is 3.21. The number of hydrogen-bond donors (Lipinski definition) is 1. The standard InChI is InChI=1S/C6H10OS.C6H12S.C5H9NOS.C5H8OS.C4H8O.2CH4.Al.Li.4H/c7-6-2-1-4-8-5-3-6;1-2-4-6-7-5-3-1;7-6-5-1-3-8-4-2-5;6-5-1-3-7-4-2-5;1-2-4-5-3-1;;;;;;;;/h1-5H2;1-6H2;7H,1-4H2;1-4H2;1-4H2;2*1H4;;;;;;/q;;;;;;;;+1;;;;-1. The van der Waals surface area contributed by atoms with Gasteiger partial charge in [-0.1, -0.05) is 32.9 Å². The van der Waals surface area contributed by atoms with Gasteiger partial charge in [0.25, 0.3) is 0 Å². The Morgan fingerprint density at radius 2 is 0.949 bits per heavy atom. The Kier molecular flexibility index (Phi) is 45.2. The number of ether oxygens (including phenoxy) is 1. The molecule has 0 atom stereocenters. The van der Waals surface area contributed by atoms with Gasteiger partial charge in [0.05, 0.1) is 5.71 Å². The fourth-order valence-corrected chi connectivity index (χ4v) is 7.32. The summed E-state index contributed by atoms with van der Waals surface area (Å²) >= 11 is 7.81. The maximum Gasteiger partial charge on any atom is 1.00 e. The molecule has 0 aromatic heterocycles. The zero-order valence-electron chi connectivity index (χ0n) is 23.5. The van der Waals surface area contributed by atoms with E-state index < -0.39 is 0 Å². The summed E-state index contributed by atoms with van der Waals surface area (Å²) in [6.07, 6.45) is 14.7. The molecule has 228 valence electrons. The van der Waals surface area contributed by atoms with Crippen LogP contribution in [0.1, 0.15) is 99.8 Å². The third-order valence-corrected chi connectivity index (χ3v) is 9.88. The molecule has 5 aliphatic rings. The molecule has 11 heteroatoms. The second-order valence-electron chi connectivity index (χ2n) is 8.78. The summed E-state index contributed by atoms with van der Waals surface area (Å²) in [6, 6.07) is 0. The van der Waals surface area contributed by atoms with Crippen molar-refractivity contribution in [3.05, 3.63) is 0 Å². The number of oxime groups is 1. The first-order valence-electron chi connectivity index (χ1n) is 13.3. The molecule has 0 radical (unpaired) electrons. The molecule has 5 saturated heterocycles. The van der Waals surface area contributed by atoms with Crippen LogP contribution in [0.4, 0.5) is 0 Å². The molecule has 5 rings (SSSR count). The van der Waals surface area contributed by atoms with Gasteiger partial charge < -0.3 is 11.4 Å². The van der Waals surface area contributed by atoms with Crippen molar-refractivity contribution in [3.63, 3.8) is 0 Å². The Balaban J connectivity index is -0.000000124. The minimum atomic E-state index is 0. The zero-order valence-corrected chi connectivity index (χ0v) is 25.8. The molecule has 0 aromatic rings. The molecule has 0 amide bonds. The number of hydrogen-bond acceptors (Lipinski definition) is 9. The third-order valence-electron chi connectivity index (χ3n) is 5.69. The van der Waals surface area contributed by atoms with Crippen molar-refractivity contribution in [2.24, 2.45) is 5.16 Å². The second-order valence-corrected chi connectivity index (χ2v) is 13.7. The Bertz CT molecular complexity index is 527. The Morgan fingerprint density at radius 3 is 1.33 bits per heavy atom. The first-order chi connectivity index (χ1) is 17.2. The molecule has 5 aliphatic heterocycles. The number of carbonyl (C=O) groups is 2. The van der Waals surface area contributed by atoms with Gasteiger partial charge in [0.15, 0.2) is 17.4 Å². The molecule has 0 bridgehead atoms. The second kappa shape index (κ2) is 37.3. The summed E-state index contributed by atoms with van der Waals surface area (Å²) in [4.78, 5) is 21.1. The summed E-state index contributed by atoms with van der Waals surface area (Å²) in [5.74, 6) is 10.3. The van der Waals surface area contributed by atoms with Crippen molar-refractivity contribution < 1.29 is 39.8 Å². The normalized spacial score (nSPS) is 20.4. The molecular formula is C28H59AlLiNO4S4. The molecule has 5 heterocycles. The number of ketones is 2. The van der Waals surface area contributed by atoms with Gasteiger partial charge >= 0.3 is 18.9 Å². The van der Waals surface area contributed by atoms with Crippen molar-refractivity contribution >= 4 is 81.7 Å². The van der Waals surface area contributed by atoms with Crippen molar-refractivity contribution in [1.82, 2.24) is 0 Å². The molecule has 0 saturated carbocycles. The average molecular weight is 636 g/mol. The third kappa shape index (κ3) is 33.7. The Hall–Kier alpha value is 1.30. The quantitative estimate of drug-likeness (QED) is 0.241. The first kappa shape index (κ1) is 47.2. The van der Waals surface area contributed by atoms with Gasteiger partial charge in [-0.3, -0.25) is 9.59 Å². The fourth-order valence-electron chi connectivity index (χ4n) is 3.46. The van der Waals surface area contributed by atoms with E-state index in [1.54, 1.807) is 0 Å². The minimum Gasteiger partial charge on any atom is -1.00 e. The van der Waals surface area contributed by atoms with Crippen LogP contribution in [-0.4, -0.2) is 99.1 Å². The van der Waals surface area contributed by atoms with Crippen molar-refractivity contribution in [2.45, 2.75) is 98.3 Å². The number of thioether (sulfide) groups is 4. The maximum absolute atomic E-state index is 10.7. The molecule has 39 heavy (non-hydrogen) atoms. The van der Waals surface area contributed by atoms with Gasteiger partial charge in [0.1, 0.15) is 11.6 Å². The van der Waals surface area contributed by atoms with Crippen LogP contribution in [0.2, 0.25) is 0 Å². The number of carbonyl (C=O) groups excluding carboxylic acids is 2. The van der Waals surface area contributed by atoms with Gasteiger partial charge in [-0.2, -0.15) is 47.0 Å². The summed E-state index contributed by atoms with van der Waals surface area (Å²) in [7, 11) is 0. The topological polar surface area (TPSA) is 76.0 Å². The van der Waals surface area contributed by atoms with Crippen LogP contribution in [0.25, 0.3) is 0 Å². The Labute approximate surface area is 282 Å². The predicted octanol–water partition coefficient (Wildman–Crippen LogP) is 4.19. The first-order valence-corrected chi connectivity index (χ1v) is 18.0. The monoisotopic (exact) mass is 635 g/mol. The van der Waals surface area contributed by atoms with Crippen LogP contribution in [0.5, 0.6) is 0 Å². The van der Waals surface area contributed by atoms with E-state index in [9.17, 15) is 9.59 Å². The van der Waals surface area contributed by atoms with Crippen LogP contribution < -0.4 is 18.9 Å². The molecule has 5 fully saturated rings. The summed E-state index contributed by atoms with van der Waals surface area (Å²) in [6.45, 7) is 2.00. The van der Waals surface area contributed by atoms with E-state index in [0.29, 0.717) is 11.6 Å².